The van der Waals surface area contributed by atoms with Crippen molar-refractivity contribution in [3.8, 4) is 0 Å². The minimum Gasteiger partial charge on any atom is -0.378 e. The van der Waals surface area contributed by atoms with E-state index in [1.807, 2.05) is 43.3 Å². The van der Waals surface area contributed by atoms with Gasteiger partial charge in [-0.2, -0.15) is 0 Å². The summed E-state index contributed by atoms with van der Waals surface area (Å²) in [5, 5.41) is 2.81. The lowest BCUT2D eigenvalue weighted by Crippen LogP contribution is -2.40. The number of amides is 2. The molecule has 136 valence electrons. The minimum absolute atomic E-state index is 0.111. The van der Waals surface area contributed by atoms with Crippen LogP contribution in [0.5, 0.6) is 0 Å². The molecule has 2 heterocycles. The lowest BCUT2D eigenvalue weighted by atomic mass is 10.2. The molecule has 1 N–H and O–H groups in total. The number of nitrogens with zero attached hydrogens (tertiary/aromatic N) is 3. The Morgan fingerprint density at radius 1 is 1.12 bits per heavy atom. The van der Waals surface area contributed by atoms with E-state index in [0.29, 0.717) is 37.6 Å². The summed E-state index contributed by atoms with van der Waals surface area (Å²) in [4.78, 5) is 32.8. The highest BCUT2D eigenvalue weighted by Gasteiger charge is 2.20. The second kappa shape index (κ2) is 7.97. The van der Waals surface area contributed by atoms with Crippen LogP contribution in [0, 0.1) is 0 Å². The number of hydrogen-bond acceptors (Lipinski definition) is 5. The molecule has 2 amide bonds. The number of benzene rings is 1. The van der Waals surface area contributed by atoms with Crippen molar-refractivity contribution in [2.45, 2.75) is 0 Å². The average molecular weight is 354 g/mol. The number of pyridine rings is 1. The van der Waals surface area contributed by atoms with Gasteiger partial charge in [-0.3, -0.25) is 14.6 Å². The number of aromatic nitrogens is 1. The molecule has 1 saturated heterocycles. The molecule has 0 atom stereocenters. The highest BCUT2D eigenvalue weighted by molar-refractivity contribution is 6.04. The maximum atomic E-state index is 12.5. The molecule has 0 aliphatic carbocycles. The Kier molecular flexibility index (Phi) is 5.48. The molecule has 0 bridgehead atoms. The fourth-order valence-electron chi connectivity index (χ4n) is 2.67. The number of rotatable bonds is 4. The molecule has 2 aromatic rings. The molecule has 1 aliphatic heterocycles. The van der Waals surface area contributed by atoms with Crippen LogP contribution in [0.4, 0.5) is 11.4 Å². The van der Waals surface area contributed by atoms with E-state index in [-0.39, 0.29) is 17.5 Å². The van der Waals surface area contributed by atoms with Crippen molar-refractivity contribution in [2.75, 3.05) is 50.6 Å². The van der Waals surface area contributed by atoms with Crippen LogP contribution in [-0.2, 0) is 4.74 Å². The molecule has 1 aliphatic rings. The Morgan fingerprint density at radius 3 is 2.46 bits per heavy atom. The zero-order chi connectivity index (χ0) is 18.5. The Labute approximate surface area is 152 Å². The van der Waals surface area contributed by atoms with E-state index in [0.717, 1.165) is 5.69 Å². The Hall–Kier alpha value is -2.93. The zero-order valence-corrected chi connectivity index (χ0v) is 14.9. The van der Waals surface area contributed by atoms with Gasteiger partial charge in [-0.05, 0) is 36.4 Å². The second-order valence-electron chi connectivity index (χ2n) is 6.23. The number of nitrogens with one attached hydrogen (secondary N) is 1. The summed E-state index contributed by atoms with van der Waals surface area (Å²) in [5.41, 5.74) is 2.38. The SMILES string of the molecule is CN(C)c1ccc(NC(=O)c2cc(C(=O)N3CCOCC3)ccn2)cc1. The standard InChI is InChI=1S/C19H22N4O3/c1-22(2)16-5-3-15(4-6-16)21-18(24)17-13-14(7-8-20-17)19(25)23-9-11-26-12-10-23/h3-8,13H,9-12H2,1-2H3,(H,21,24). The van der Waals surface area contributed by atoms with Crippen LogP contribution in [0.3, 0.4) is 0 Å². The molecule has 0 saturated carbocycles. The summed E-state index contributed by atoms with van der Waals surface area (Å²) < 4.78 is 5.26. The maximum absolute atomic E-state index is 12.5. The Morgan fingerprint density at radius 2 is 1.81 bits per heavy atom. The second-order valence-corrected chi connectivity index (χ2v) is 6.23. The van der Waals surface area contributed by atoms with Crippen LogP contribution < -0.4 is 10.2 Å². The van der Waals surface area contributed by atoms with E-state index < -0.39 is 0 Å². The van der Waals surface area contributed by atoms with Crippen molar-refractivity contribution >= 4 is 23.2 Å². The summed E-state index contributed by atoms with van der Waals surface area (Å²) in [5.74, 6) is -0.459. The van der Waals surface area contributed by atoms with Crippen LogP contribution >= 0.6 is 0 Å². The monoisotopic (exact) mass is 354 g/mol. The van der Waals surface area contributed by atoms with Crippen LogP contribution in [-0.4, -0.2) is 62.1 Å². The number of carbonyl (C=O) groups excluding carboxylic acids is 2. The normalized spacial score (nSPS) is 14.0. The van der Waals surface area contributed by atoms with Crippen molar-refractivity contribution < 1.29 is 14.3 Å². The molecule has 0 spiro atoms. The predicted molar refractivity (Wildman–Crippen MR) is 99.7 cm³/mol. The van der Waals surface area contributed by atoms with E-state index in [1.165, 1.54) is 12.3 Å². The molecule has 26 heavy (non-hydrogen) atoms. The van der Waals surface area contributed by atoms with Crippen molar-refractivity contribution in [1.82, 2.24) is 9.88 Å². The van der Waals surface area contributed by atoms with E-state index >= 15 is 0 Å². The lowest BCUT2D eigenvalue weighted by molar-refractivity contribution is 0.0303. The minimum atomic E-state index is -0.348. The summed E-state index contributed by atoms with van der Waals surface area (Å²) in [6, 6.07) is 10.6. The smallest absolute Gasteiger partial charge is 0.274 e. The van der Waals surface area contributed by atoms with Crippen LogP contribution in [0.25, 0.3) is 0 Å². The van der Waals surface area contributed by atoms with Gasteiger partial charge in [-0.15, -0.1) is 0 Å². The van der Waals surface area contributed by atoms with E-state index in [4.69, 9.17) is 4.74 Å². The third-order valence-corrected chi connectivity index (χ3v) is 4.18. The van der Waals surface area contributed by atoms with Crippen molar-refractivity contribution in [1.29, 1.82) is 0 Å². The predicted octanol–water partition coefficient (Wildman–Crippen LogP) is 1.87. The molecule has 7 heteroatoms. The fraction of sp³-hybridized carbons (Fsp3) is 0.316. The lowest BCUT2D eigenvalue weighted by Gasteiger charge is -2.26. The van der Waals surface area contributed by atoms with Crippen LogP contribution in [0.2, 0.25) is 0 Å². The first-order chi connectivity index (χ1) is 12.5. The molecule has 3 rings (SSSR count). The van der Waals surface area contributed by atoms with E-state index in [2.05, 4.69) is 10.3 Å². The van der Waals surface area contributed by atoms with Gasteiger partial charge in [-0.25, -0.2) is 0 Å². The summed E-state index contributed by atoms with van der Waals surface area (Å²) in [6.07, 6.45) is 1.48. The third kappa shape index (κ3) is 4.18. The zero-order valence-electron chi connectivity index (χ0n) is 14.9. The molecule has 1 fully saturated rings. The van der Waals surface area contributed by atoms with Crippen LogP contribution in [0.15, 0.2) is 42.6 Å². The summed E-state index contributed by atoms with van der Waals surface area (Å²) in [7, 11) is 3.91. The molecular weight excluding hydrogens is 332 g/mol. The largest absolute Gasteiger partial charge is 0.378 e. The Balaban J connectivity index is 1.70. The van der Waals surface area contributed by atoms with Gasteiger partial charge < -0.3 is 19.9 Å². The van der Waals surface area contributed by atoms with Gasteiger partial charge in [0.15, 0.2) is 0 Å². The average Bonchev–Trinajstić information content (AvgIpc) is 2.68. The fourth-order valence-corrected chi connectivity index (χ4v) is 2.67. The van der Waals surface area contributed by atoms with Gasteiger partial charge in [0.25, 0.3) is 11.8 Å². The van der Waals surface area contributed by atoms with E-state index in [1.54, 1.807) is 11.0 Å². The topological polar surface area (TPSA) is 74.8 Å². The number of anilines is 2. The van der Waals surface area contributed by atoms with E-state index in [9.17, 15) is 9.59 Å². The van der Waals surface area contributed by atoms with Gasteiger partial charge in [-0.1, -0.05) is 0 Å². The molecule has 0 radical (unpaired) electrons. The molecular formula is C19H22N4O3. The first-order valence-electron chi connectivity index (χ1n) is 8.46. The van der Waals surface area contributed by atoms with Crippen molar-refractivity contribution in [2.24, 2.45) is 0 Å². The van der Waals surface area contributed by atoms with Gasteiger partial charge >= 0.3 is 0 Å². The molecule has 0 unspecified atom stereocenters. The summed E-state index contributed by atoms with van der Waals surface area (Å²) >= 11 is 0. The van der Waals surface area contributed by atoms with Gasteiger partial charge in [0.1, 0.15) is 5.69 Å². The third-order valence-electron chi connectivity index (χ3n) is 4.18. The van der Waals surface area contributed by atoms with Gasteiger partial charge in [0.05, 0.1) is 13.2 Å². The highest BCUT2D eigenvalue weighted by atomic mass is 16.5. The quantitative estimate of drug-likeness (QED) is 0.907. The van der Waals surface area contributed by atoms with Crippen molar-refractivity contribution in [3.05, 3.63) is 53.9 Å². The Bertz CT molecular complexity index is 784. The first kappa shape index (κ1) is 17.9. The van der Waals surface area contributed by atoms with Gasteiger partial charge in [0.2, 0.25) is 0 Å². The number of morpholine rings is 1. The maximum Gasteiger partial charge on any atom is 0.274 e. The number of carbonyl (C=O) groups is 2. The highest BCUT2D eigenvalue weighted by Crippen LogP contribution is 2.16. The van der Waals surface area contributed by atoms with Gasteiger partial charge in [0, 0.05) is 50.3 Å². The van der Waals surface area contributed by atoms with Crippen LogP contribution in [0.1, 0.15) is 20.8 Å². The summed E-state index contributed by atoms with van der Waals surface area (Å²) in [6.45, 7) is 2.18. The first-order valence-corrected chi connectivity index (χ1v) is 8.46. The molecule has 7 nitrogen and oxygen atoms in total. The number of hydrogen-bond donors (Lipinski definition) is 1. The molecule has 1 aromatic carbocycles. The number of ether oxygens (including phenoxy) is 1. The van der Waals surface area contributed by atoms with Crippen molar-refractivity contribution in [3.63, 3.8) is 0 Å². The molecule has 1 aromatic heterocycles.